The highest BCUT2D eigenvalue weighted by Gasteiger charge is 2.48. The van der Waals surface area contributed by atoms with E-state index in [0.29, 0.717) is 6.42 Å². The molecule has 34 heavy (non-hydrogen) atoms. The lowest BCUT2D eigenvalue weighted by molar-refractivity contribution is -0.133. The molecule has 1 fully saturated rings. The molecule has 0 saturated carbocycles. The van der Waals surface area contributed by atoms with Gasteiger partial charge in [-0.05, 0) is 44.4 Å². The first kappa shape index (κ1) is 22.7. The van der Waals surface area contributed by atoms with Gasteiger partial charge in [0.05, 0.1) is 12.0 Å². The van der Waals surface area contributed by atoms with E-state index in [1.54, 1.807) is 0 Å². The van der Waals surface area contributed by atoms with Gasteiger partial charge in [0.25, 0.3) is 0 Å². The SMILES string of the molecule is Cn1c2c(c3ccccc31)C[C@H]1[C@@H](CNC(=O)OC(C)(C)C)C(=O)C[C@@H]2N1Cc1ccccc1. The lowest BCUT2D eigenvalue weighted by Crippen LogP contribution is -2.57. The predicted molar refractivity (Wildman–Crippen MR) is 132 cm³/mol. The Bertz CT molecular complexity index is 1220. The summed E-state index contributed by atoms with van der Waals surface area (Å²) >= 11 is 0. The molecule has 178 valence electrons. The Labute approximate surface area is 200 Å². The van der Waals surface area contributed by atoms with E-state index in [1.165, 1.54) is 27.7 Å². The number of ether oxygens (including phenoxy) is 1. The summed E-state index contributed by atoms with van der Waals surface area (Å²) in [6.45, 7) is 6.58. The molecule has 3 atom stereocenters. The number of nitrogens with one attached hydrogen (secondary N) is 1. The highest BCUT2D eigenvalue weighted by atomic mass is 16.6. The molecule has 1 aromatic heterocycles. The first-order chi connectivity index (χ1) is 16.2. The van der Waals surface area contributed by atoms with Gasteiger partial charge in [0, 0.05) is 49.2 Å². The smallest absolute Gasteiger partial charge is 0.407 e. The van der Waals surface area contributed by atoms with Crippen molar-refractivity contribution < 1.29 is 14.3 Å². The number of amides is 1. The quantitative estimate of drug-likeness (QED) is 0.611. The molecule has 3 heterocycles. The lowest BCUT2D eigenvalue weighted by Gasteiger charge is -2.49. The minimum Gasteiger partial charge on any atom is -0.444 e. The van der Waals surface area contributed by atoms with Gasteiger partial charge in [0.15, 0.2) is 0 Å². The normalized spacial score (nSPS) is 22.5. The zero-order chi connectivity index (χ0) is 24.0. The maximum Gasteiger partial charge on any atom is 0.407 e. The van der Waals surface area contributed by atoms with Crippen LogP contribution < -0.4 is 5.32 Å². The van der Waals surface area contributed by atoms with Crippen molar-refractivity contribution >= 4 is 22.8 Å². The summed E-state index contributed by atoms with van der Waals surface area (Å²) in [5, 5.41) is 4.15. The standard InChI is InChI=1S/C28H33N3O3/c1-28(2,3)34-27(33)29-16-21-23-14-20-19-12-8-9-13-22(19)30(4)26(20)24(15-25(21)32)31(23)17-18-10-6-5-7-11-18/h5-13,21,23-24H,14-17H2,1-4H3,(H,29,33)/t21-,23+,24+/m1/s1. The summed E-state index contributed by atoms with van der Waals surface area (Å²) in [5.74, 6) is -0.0640. The predicted octanol–water partition coefficient (Wildman–Crippen LogP) is 4.76. The van der Waals surface area contributed by atoms with Gasteiger partial charge in [-0.1, -0.05) is 48.5 Å². The molecule has 1 N–H and O–H groups in total. The second-order valence-corrected chi connectivity index (χ2v) is 10.5. The van der Waals surface area contributed by atoms with Crippen LogP contribution in [0.4, 0.5) is 4.79 Å². The van der Waals surface area contributed by atoms with Gasteiger partial charge in [-0.15, -0.1) is 0 Å². The Morgan fingerprint density at radius 3 is 2.50 bits per heavy atom. The molecule has 3 aromatic rings. The van der Waals surface area contributed by atoms with Crippen molar-refractivity contribution in [3.63, 3.8) is 0 Å². The molecule has 2 bridgehead atoms. The summed E-state index contributed by atoms with van der Waals surface area (Å²) in [6.07, 6.45) is 0.756. The van der Waals surface area contributed by atoms with Crippen LogP contribution in [-0.4, -0.2) is 39.5 Å². The fourth-order valence-electron chi connectivity index (χ4n) is 5.77. The molecule has 5 rings (SSSR count). The number of carbonyl (C=O) groups excluding carboxylic acids is 2. The van der Waals surface area contributed by atoms with E-state index < -0.39 is 11.7 Å². The van der Waals surface area contributed by atoms with Crippen LogP contribution in [-0.2, 0) is 29.5 Å². The van der Waals surface area contributed by atoms with E-state index >= 15 is 0 Å². The fourth-order valence-corrected chi connectivity index (χ4v) is 5.77. The first-order valence-electron chi connectivity index (χ1n) is 12.1. The molecular formula is C28H33N3O3. The molecule has 2 aliphatic rings. The average molecular weight is 460 g/mol. The summed E-state index contributed by atoms with van der Waals surface area (Å²) in [5.41, 5.74) is 4.45. The van der Waals surface area contributed by atoms with Crippen LogP contribution in [0.5, 0.6) is 0 Å². The zero-order valence-corrected chi connectivity index (χ0v) is 20.4. The number of alkyl carbamates (subject to hydrolysis) is 1. The minimum atomic E-state index is -0.576. The number of benzene rings is 2. The Balaban J connectivity index is 1.51. The van der Waals surface area contributed by atoms with Crippen LogP contribution in [0.1, 0.15) is 50.1 Å². The van der Waals surface area contributed by atoms with Crippen LogP contribution >= 0.6 is 0 Å². The van der Waals surface area contributed by atoms with Crippen LogP contribution in [0, 0.1) is 5.92 Å². The van der Waals surface area contributed by atoms with E-state index in [-0.39, 0.29) is 30.3 Å². The molecule has 6 heteroatoms. The molecule has 0 spiro atoms. The number of carbonyl (C=O) groups is 2. The molecule has 6 nitrogen and oxygen atoms in total. The number of aromatic nitrogens is 1. The zero-order valence-electron chi connectivity index (χ0n) is 20.4. The number of para-hydroxylation sites is 1. The number of hydrogen-bond acceptors (Lipinski definition) is 4. The van der Waals surface area contributed by atoms with Crippen LogP contribution in [0.3, 0.4) is 0 Å². The fraction of sp³-hybridized carbons (Fsp3) is 0.429. The number of fused-ring (bicyclic) bond motifs is 6. The number of nitrogens with zero attached hydrogens (tertiary/aromatic N) is 2. The van der Waals surface area contributed by atoms with Gasteiger partial charge in [0.2, 0.25) is 0 Å². The third kappa shape index (κ3) is 4.11. The van der Waals surface area contributed by atoms with E-state index in [4.69, 9.17) is 4.74 Å². The van der Waals surface area contributed by atoms with Crippen LogP contribution in [0.15, 0.2) is 54.6 Å². The van der Waals surface area contributed by atoms with Gasteiger partial charge in [-0.2, -0.15) is 0 Å². The van der Waals surface area contributed by atoms with Crippen molar-refractivity contribution in [2.45, 2.75) is 57.8 Å². The maximum atomic E-state index is 13.4. The van der Waals surface area contributed by atoms with Crippen LogP contribution in [0.25, 0.3) is 10.9 Å². The average Bonchev–Trinajstić information content (AvgIpc) is 3.06. The molecule has 0 unspecified atom stereocenters. The highest BCUT2D eigenvalue weighted by Crippen LogP contribution is 2.46. The molecule has 0 aliphatic carbocycles. The third-order valence-electron chi connectivity index (χ3n) is 7.16. The van der Waals surface area contributed by atoms with E-state index in [2.05, 4.69) is 70.4 Å². The molecule has 2 aliphatic heterocycles. The largest absolute Gasteiger partial charge is 0.444 e. The topological polar surface area (TPSA) is 63.6 Å². The highest BCUT2D eigenvalue weighted by molar-refractivity contribution is 5.89. The Hall–Kier alpha value is -3.12. The van der Waals surface area contributed by atoms with Gasteiger partial charge in [-0.3, -0.25) is 9.69 Å². The second kappa shape index (κ2) is 8.58. The number of hydrogen-bond donors (Lipinski definition) is 1. The van der Waals surface area contributed by atoms with E-state index in [0.717, 1.165) is 13.0 Å². The third-order valence-corrected chi connectivity index (χ3v) is 7.16. The number of aryl methyl sites for hydroxylation is 1. The summed E-state index contributed by atoms with van der Waals surface area (Å²) in [7, 11) is 2.11. The number of Topliss-reactive ketones (excluding diaryl/α,β-unsaturated/α-hetero) is 1. The Morgan fingerprint density at radius 2 is 1.76 bits per heavy atom. The molecule has 2 aromatic carbocycles. The second-order valence-electron chi connectivity index (χ2n) is 10.5. The van der Waals surface area contributed by atoms with Gasteiger partial charge in [0.1, 0.15) is 11.4 Å². The summed E-state index contributed by atoms with van der Waals surface area (Å²) in [4.78, 5) is 28.3. The molecule has 0 radical (unpaired) electrons. The van der Waals surface area contributed by atoms with Gasteiger partial charge >= 0.3 is 6.09 Å². The lowest BCUT2D eigenvalue weighted by atomic mass is 9.75. The minimum absolute atomic E-state index is 0.0136. The van der Waals surface area contributed by atoms with Gasteiger partial charge in [-0.25, -0.2) is 4.79 Å². The van der Waals surface area contributed by atoms with E-state index in [9.17, 15) is 9.59 Å². The summed E-state index contributed by atoms with van der Waals surface area (Å²) in [6, 6.07) is 19.0. The monoisotopic (exact) mass is 459 g/mol. The number of ketones is 1. The van der Waals surface area contributed by atoms with Crippen molar-refractivity contribution in [2.75, 3.05) is 6.54 Å². The number of rotatable bonds is 4. The molecule has 1 saturated heterocycles. The van der Waals surface area contributed by atoms with Crippen LogP contribution in [0.2, 0.25) is 0 Å². The van der Waals surface area contributed by atoms with Gasteiger partial charge < -0.3 is 14.6 Å². The van der Waals surface area contributed by atoms with Crippen molar-refractivity contribution in [3.05, 3.63) is 71.4 Å². The summed E-state index contributed by atoms with van der Waals surface area (Å²) < 4.78 is 7.70. The maximum absolute atomic E-state index is 13.4. The van der Waals surface area contributed by atoms with Crippen molar-refractivity contribution in [1.29, 1.82) is 0 Å². The van der Waals surface area contributed by atoms with Crippen molar-refractivity contribution in [3.8, 4) is 0 Å². The first-order valence-corrected chi connectivity index (χ1v) is 12.1. The number of piperidine rings is 1. The van der Waals surface area contributed by atoms with E-state index in [1.807, 2.05) is 26.8 Å². The van der Waals surface area contributed by atoms with Crippen molar-refractivity contribution in [1.82, 2.24) is 14.8 Å². The Kier molecular flexibility index (Phi) is 5.72. The Morgan fingerprint density at radius 1 is 1.06 bits per heavy atom. The molecular weight excluding hydrogens is 426 g/mol. The van der Waals surface area contributed by atoms with Crippen molar-refractivity contribution in [2.24, 2.45) is 13.0 Å². The molecule has 1 amide bonds.